The second-order valence-electron chi connectivity index (χ2n) is 11.8. The molecule has 4 aromatic rings. The van der Waals surface area contributed by atoms with E-state index in [9.17, 15) is 5.11 Å². The summed E-state index contributed by atoms with van der Waals surface area (Å²) >= 11 is 0. The molecule has 2 atom stereocenters. The highest BCUT2D eigenvalue weighted by atomic mass is 19.1. The van der Waals surface area contributed by atoms with Crippen molar-refractivity contribution in [1.82, 2.24) is 25.2 Å². The van der Waals surface area contributed by atoms with Crippen LogP contribution in [0.2, 0.25) is 0 Å². The molecule has 2 aromatic carbocycles. The van der Waals surface area contributed by atoms with E-state index < -0.39 is 5.82 Å². The van der Waals surface area contributed by atoms with Gasteiger partial charge in [-0.2, -0.15) is 9.97 Å². The van der Waals surface area contributed by atoms with Gasteiger partial charge in [0, 0.05) is 41.8 Å². The van der Waals surface area contributed by atoms with Gasteiger partial charge in [0.15, 0.2) is 5.82 Å². The Balaban J connectivity index is 1.28. The molecule has 0 bridgehead atoms. The molecule has 0 radical (unpaired) electrons. The lowest BCUT2D eigenvalue weighted by Gasteiger charge is -2.38. The summed E-state index contributed by atoms with van der Waals surface area (Å²) in [6, 6.07) is 9.51. The highest BCUT2D eigenvalue weighted by Crippen LogP contribution is 2.41. The lowest BCUT2D eigenvalue weighted by molar-refractivity contribution is 0.108. The van der Waals surface area contributed by atoms with Gasteiger partial charge >= 0.3 is 6.01 Å². The van der Waals surface area contributed by atoms with Crippen LogP contribution < -0.4 is 15.0 Å². The predicted octanol–water partition coefficient (Wildman–Crippen LogP) is 4.23. The van der Waals surface area contributed by atoms with Crippen molar-refractivity contribution < 1.29 is 14.2 Å². The molecule has 0 aliphatic carbocycles. The summed E-state index contributed by atoms with van der Waals surface area (Å²) in [6.45, 7) is 4.37. The van der Waals surface area contributed by atoms with Crippen molar-refractivity contribution in [2.45, 2.75) is 49.7 Å². The van der Waals surface area contributed by atoms with E-state index >= 15 is 4.39 Å². The number of terminal acetylenes is 1. The second kappa shape index (κ2) is 9.26. The molecule has 4 aliphatic heterocycles. The summed E-state index contributed by atoms with van der Waals surface area (Å²) in [4.78, 5) is 18.9. The Labute approximate surface area is 237 Å². The van der Waals surface area contributed by atoms with Gasteiger partial charge < -0.3 is 20.1 Å². The third-order valence-corrected chi connectivity index (χ3v) is 9.70. The van der Waals surface area contributed by atoms with Crippen LogP contribution in [0.15, 0.2) is 36.5 Å². The molecule has 4 saturated heterocycles. The van der Waals surface area contributed by atoms with Gasteiger partial charge in [0.05, 0.1) is 17.0 Å². The lowest BCUT2D eigenvalue weighted by Crippen LogP contribution is -2.59. The number of pyridine rings is 1. The van der Waals surface area contributed by atoms with Crippen LogP contribution >= 0.6 is 0 Å². The van der Waals surface area contributed by atoms with Gasteiger partial charge in [0.1, 0.15) is 29.4 Å². The van der Waals surface area contributed by atoms with Gasteiger partial charge in [-0.05, 0) is 68.8 Å². The summed E-state index contributed by atoms with van der Waals surface area (Å²) in [5.74, 6) is 2.78. The Morgan fingerprint density at radius 1 is 1.17 bits per heavy atom. The molecule has 0 amide bonds. The van der Waals surface area contributed by atoms with Crippen molar-refractivity contribution in [2.24, 2.45) is 0 Å². The van der Waals surface area contributed by atoms with E-state index in [0.29, 0.717) is 51.8 Å². The molecule has 4 aliphatic rings. The average Bonchev–Trinajstić information content (AvgIpc) is 3.63. The number of phenolic OH excluding ortho intramolecular Hbond substituents is 1. The average molecular weight is 551 g/mol. The van der Waals surface area contributed by atoms with Crippen LogP contribution in [0.3, 0.4) is 0 Å². The van der Waals surface area contributed by atoms with Gasteiger partial charge in [-0.15, -0.1) is 6.42 Å². The van der Waals surface area contributed by atoms with E-state index in [1.54, 1.807) is 18.3 Å². The van der Waals surface area contributed by atoms with Crippen LogP contribution in [0, 0.1) is 18.2 Å². The molecule has 2 N–H and O–H groups in total. The monoisotopic (exact) mass is 550 g/mol. The number of halogens is 1. The first-order valence-electron chi connectivity index (χ1n) is 14.5. The molecule has 0 spiro atoms. The molecule has 2 unspecified atom stereocenters. The quantitative estimate of drug-likeness (QED) is 0.357. The minimum Gasteiger partial charge on any atom is -0.508 e. The minimum absolute atomic E-state index is 0.00731. The zero-order valence-electron chi connectivity index (χ0n) is 22.7. The molecule has 9 heteroatoms. The summed E-state index contributed by atoms with van der Waals surface area (Å²) in [6.07, 6.45) is 13.0. The SMILES string of the molecule is C#Cc1cccc2cc(O)cc(-c3ncc4c(N5CCC6NCC65)nc(OCC56CCCN5CCC6)nc4c3F)c12. The number of rotatable bonds is 5. The largest absolute Gasteiger partial charge is 0.508 e. The number of aromatic hydroxyl groups is 1. The van der Waals surface area contributed by atoms with Crippen LogP contribution in [0.1, 0.15) is 37.7 Å². The molecule has 0 saturated carbocycles. The van der Waals surface area contributed by atoms with Crippen LogP contribution in [0.5, 0.6) is 11.8 Å². The van der Waals surface area contributed by atoms with E-state index in [2.05, 4.69) is 31.0 Å². The van der Waals surface area contributed by atoms with Crippen LogP contribution in [-0.2, 0) is 0 Å². The maximum absolute atomic E-state index is 16.7. The van der Waals surface area contributed by atoms with Crippen molar-refractivity contribution in [1.29, 1.82) is 0 Å². The normalized spacial score (nSPS) is 23.0. The molecule has 8 rings (SSSR count). The number of hydrogen-bond donors (Lipinski definition) is 2. The third kappa shape index (κ3) is 3.77. The van der Waals surface area contributed by atoms with Crippen molar-refractivity contribution in [3.63, 3.8) is 0 Å². The standard InChI is InChI=1S/C32H31FN6O2/c1-2-19-6-3-7-20-14-21(40)15-22(26(19)20)28-27(33)29-23(16-35-28)30(39-13-8-24-25(39)17-34-24)37-31(36-29)41-18-32-9-4-11-38(32)12-5-10-32/h1,3,6-7,14-16,24-25,34,40H,4-5,8-13,17-18H2. The number of phenols is 1. The van der Waals surface area contributed by atoms with Crippen LogP contribution in [-0.4, -0.2) is 75.4 Å². The van der Waals surface area contributed by atoms with Gasteiger partial charge in [-0.1, -0.05) is 18.1 Å². The fourth-order valence-corrected chi connectivity index (χ4v) is 7.59. The number of aromatic nitrogens is 3. The Hall–Kier alpha value is -4.00. The summed E-state index contributed by atoms with van der Waals surface area (Å²) in [5.41, 5.74) is 1.28. The highest BCUT2D eigenvalue weighted by Gasteiger charge is 2.45. The molecule has 2 aromatic heterocycles. The maximum Gasteiger partial charge on any atom is 0.319 e. The summed E-state index contributed by atoms with van der Waals surface area (Å²) in [7, 11) is 0. The van der Waals surface area contributed by atoms with Crippen molar-refractivity contribution >= 4 is 27.5 Å². The Bertz CT molecular complexity index is 1740. The number of fused-ring (bicyclic) bond motifs is 4. The molecule has 208 valence electrons. The molecule has 8 nitrogen and oxygen atoms in total. The molecule has 41 heavy (non-hydrogen) atoms. The Morgan fingerprint density at radius 3 is 2.78 bits per heavy atom. The van der Waals surface area contributed by atoms with Gasteiger partial charge in [-0.3, -0.25) is 9.88 Å². The number of ether oxygens (including phenoxy) is 1. The molecular weight excluding hydrogens is 519 g/mol. The predicted molar refractivity (Wildman–Crippen MR) is 156 cm³/mol. The first-order chi connectivity index (χ1) is 20.0. The van der Waals surface area contributed by atoms with E-state index in [0.717, 1.165) is 58.3 Å². The van der Waals surface area contributed by atoms with Crippen LogP contribution in [0.4, 0.5) is 10.2 Å². The first kappa shape index (κ1) is 24.8. The fraction of sp³-hybridized carbons (Fsp3) is 0.406. The van der Waals surface area contributed by atoms with Crippen LogP contribution in [0.25, 0.3) is 32.9 Å². The third-order valence-electron chi connectivity index (χ3n) is 9.70. The lowest BCUT2D eigenvalue weighted by atomic mass is 9.95. The van der Waals surface area contributed by atoms with E-state index in [1.165, 1.54) is 6.07 Å². The van der Waals surface area contributed by atoms with Crippen molar-refractivity contribution in [3.8, 4) is 35.4 Å². The van der Waals surface area contributed by atoms with E-state index in [1.807, 2.05) is 12.1 Å². The van der Waals surface area contributed by atoms with E-state index in [-0.39, 0.29) is 28.5 Å². The number of hydrogen-bond acceptors (Lipinski definition) is 8. The Kier molecular flexibility index (Phi) is 5.60. The molecule has 4 fully saturated rings. The van der Waals surface area contributed by atoms with Crippen molar-refractivity contribution in [3.05, 3.63) is 47.9 Å². The smallest absolute Gasteiger partial charge is 0.319 e. The highest BCUT2D eigenvalue weighted by molar-refractivity contribution is 6.02. The maximum atomic E-state index is 16.7. The number of anilines is 1. The topological polar surface area (TPSA) is 86.6 Å². The number of benzene rings is 2. The fourth-order valence-electron chi connectivity index (χ4n) is 7.59. The second-order valence-corrected chi connectivity index (χ2v) is 11.8. The summed E-state index contributed by atoms with van der Waals surface area (Å²) in [5, 5.41) is 15.9. The molecular formula is C32H31FN6O2. The summed E-state index contributed by atoms with van der Waals surface area (Å²) < 4.78 is 23.0. The van der Waals surface area contributed by atoms with Gasteiger partial charge in [0.2, 0.25) is 0 Å². The minimum atomic E-state index is -0.585. The van der Waals surface area contributed by atoms with Crippen molar-refractivity contribution in [2.75, 3.05) is 37.7 Å². The zero-order valence-corrected chi connectivity index (χ0v) is 22.7. The number of nitrogens with one attached hydrogen (secondary N) is 1. The Morgan fingerprint density at radius 2 is 2.02 bits per heavy atom. The van der Waals surface area contributed by atoms with Gasteiger partial charge in [0.25, 0.3) is 0 Å². The van der Waals surface area contributed by atoms with Gasteiger partial charge in [-0.25, -0.2) is 4.39 Å². The number of nitrogens with zero attached hydrogens (tertiary/aromatic N) is 5. The zero-order chi connectivity index (χ0) is 27.7. The van der Waals surface area contributed by atoms with E-state index in [4.69, 9.17) is 16.1 Å². The molecule has 6 heterocycles. The first-order valence-corrected chi connectivity index (χ1v) is 14.5.